The van der Waals surface area contributed by atoms with E-state index in [0.29, 0.717) is 6.54 Å². The van der Waals surface area contributed by atoms with E-state index >= 15 is 0 Å². The SMILES string of the molecule is O=C(N/N=C/c1cccs1)C1CC(=O)N(c2ccccc2)C1. The molecule has 0 saturated carbocycles. The van der Waals surface area contributed by atoms with Crippen LogP contribution in [0.1, 0.15) is 11.3 Å². The number of nitrogens with one attached hydrogen (secondary N) is 1. The van der Waals surface area contributed by atoms with Crippen LogP contribution in [0.3, 0.4) is 0 Å². The first kappa shape index (κ1) is 14.5. The van der Waals surface area contributed by atoms with Crippen molar-refractivity contribution in [3.05, 3.63) is 52.7 Å². The van der Waals surface area contributed by atoms with Crippen molar-refractivity contribution in [1.82, 2.24) is 5.43 Å². The number of para-hydroxylation sites is 1. The number of carbonyl (C=O) groups is 2. The van der Waals surface area contributed by atoms with Crippen molar-refractivity contribution in [2.75, 3.05) is 11.4 Å². The molecule has 6 heteroatoms. The summed E-state index contributed by atoms with van der Waals surface area (Å²) in [6, 6.07) is 13.2. The molecule has 2 amide bonds. The summed E-state index contributed by atoms with van der Waals surface area (Å²) >= 11 is 1.54. The molecule has 0 radical (unpaired) electrons. The predicted octanol–water partition coefficient (Wildman–Crippen LogP) is 2.25. The maximum atomic E-state index is 12.1. The minimum atomic E-state index is -0.367. The van der Waals surface area contributed by atoms with Crippen LogP contribution in [0.5, 0.6) is 0 Å². The Morgan fingerprint density at radius 1 is 1.27 bits per heavy atom. The van der Waals surface area contributed by atoms with E-state index in [9.17, 15) is 9.59 Å². The number of amides is 2. The second-order valence-electron chi connectivity index (χ2n) is 4.99. The number of anilines is 1. The van der Waals surface area contributed by atoms with Crippen molar-refractivity contribution < 1.29 is 9.59 Å². The second-order valence-corrected chi connectivity index (χ2v) is 5.97. The van der Waals surface area contributed by atoms with Gasteiger partial charge in [-0.05, 0) is 23.6 Å². The van der Waals surface area contributed by atoms with Crippen molar-refractivity contribution in [1.29, 1.82) is 0 Å². The molecule has 1 N–H and O–H groups in total. The molecule has 1 atom stereocenters. The Hall–Kier alpha value is -2.47. The summed E-state index contributed by atoms with van der Waals surface area (Å²) in [5.41, 5.74) is 3.34. The molecular formula is C16H15N3O2S. The molecule has 112 valence electrons. The largest absolute Gasteiger partial charge is 0.312 e. The van der Waals surface area contributed by atoms with Gasteiger partial charge in [0.15, 0.2) is 0 Å². The highest BCUT2D eigenvalue weighted by Crippen LogP contribution is 2.24. The molecule has 22 heavy (non-hydrogen) atoms. The summed E-state index contributed by atoms with van der Waals surface area (Å²) in [7, 11) is 0. The van der Waals surface area contributed by atoms with Gasteiger partial charge in [0, 0.05) is 23.5 Å². The van der Waals surface area contributed by atoms with Crippen LogP contribution in [-0.4, -0.2) is 24.6 Å². The van der Waals surface area contributed by atoms with Crippen molar-refractivity contribution in [3.8, 4) is 0 Å². The fourth-order valence-electron chi connectivity index (χ4n) is 2.36. The Balaban J connectivity index is 1.59. The molecule has 1 aliphatic heterocycles. The minimum absolute atomic E-state index is 0.0337. The summed E-state index contributed by atoms with van der Waals surface area (Å²) in [4.78, 5) is 26.8. The summed E-state index contributed by atoms with van der Waals surface area (Å²) < 4.78 is 0. The van der Waals surface area contributed by atoms with E-state index in [1.165, 1.54) is 0 Å². The molecule has 1 aliphatic rings. The van der Waals surface area contributed by atoms with Gasteiger partial charge >= 0.3 is 0 Å². The molecule has 1 aromatic carbocycles. The Bertz CT molecular complexity index is 683. The highest BCUT2D eigenvalue weighted by atomic mass is 32.1. The lowest BCUT2D eigenvalue weighted by molar-refractivity contribution is -0.126. The summed E-state index contributed by atoms with van der Waals surface area (Å²) in [6.45, 7) is 0.392. The topological polar surface area (TPSA) is 61.8 Å². The number of hydrazone groups is 1. The number of hydrogen-bond acceptors (Lipinski definition) is 4. The molecule has 5 nitrogen and oxygen atoms in total. The van der Waals surface area contributed by atoms with Crippen molar-refractivity contribution in [3.63, 3.8) is 0 Å². The zero-order chi connectivity index (χ0) is 15.4. The number of benzene rings is 1. The van der Waals surface area contributed by atoms with Gasteiger partial charge in [0.1, 0.15) is 0 Å². The Morgan fingerprint density at radius 3 is 2.82 bits per heavy atom. The predicted molar refractivity (Wildman–Crippen MR) is 87.0 cm³/mol. The summed E-state index contributed by atoms with van der Waals surface area (Å²) in [6.07, 6.45) is 1.82. The molecule has 2 aromatic rings. The molecule has 1 fully saturated rings. The van der Waals surface area contributed by atoms with Gasteiger partial charge in [0.2, 0.25) is 11.8 Å². The molecule has 3 rings (SSSR count). The number of hydrogen-bond donors (Lipinski definition) is 1. The van der Waals surface area contributed by atoms with E-state index in [-0.39, 0.29) is 24.2 Å². The first-order valence-electron chi connectivity index (χ1n) is 6.96. The lowest BCUT2D eigenvalue weighted by Gasteiger charge is -2.16. The zero-order valence-corrected chi connectivity index (χ0v) is 12.6. The first-order chi connectivity index (χ1) is 10.7. The van der Waals surface area contributed by atoms with E-state index < -0.39 is 0 Å². The fourth-order valence-corrected chi connectivity index (χ4v) is 2.94. The van der Waals surface area contributed by atoms with Gasteiger partial charge < -0.3 is 4.90 Å². The fraction of sp³-hybridized carbons (Fsp3) is 0.188. The van der Waals surface area contributed by atoms with Gasteiger partial charge in [-0.15, -0.1) is 11.3 Å². The van der Waals surface area contributed by atoms with Gasteiger partial charge in [-0.25, -0.2) is 5.43 Å². The molecule has 0 bridgehead atoms. The van der Waals surface area contributed by atoms with Gasteiger partial charge in [0.05, 0.1) is 12.1 Å². The van der Waals surface area contributed by atoms with Crippen LogP contribution in [0.2, 0.25) is 0 Å². The third kappa shape index (κ3) is 3.23. The van der Waals surface area contributed by atoms with Gasteiger partial charge in [-0.1, -0.05) is 24.3 Å². The van der Waals surface area contributed by atoms with Gasteiger partial charge in [-0.2, -0.15) is 5.10 Å². The maximum Gasteiger partial charge on any atom is 0.245 e. The van der Waals surface area contributed by atoms with E-state index in [2.05, 4.69) is 10.5 Å². The second kappa shape index (κ2) is 6.53. The molecule has 0 aliphatic carbocycles. The monoisotopic (exact) mass is 313 g/mol. The number of thiophene rings is 1. The average Bonchev–Trinajstić information content (AvgIpc) is 3.17. The van der Waals surface area contributed by atoms with Crippen LogP contribution in [-0.2, 0) is 9.59 Å². The lowest BCUT2D eigenvalue weighted by Crippen LogP contribution is -2.30. The van der Waals surface area contributed by atoms with Crippen LogP contribution < -0.4 is 10.3 Å². The quantitative estimate of drug-likeness (QED) is 0.695. The smallest absolute Gasteiger partial charge is 0.245 e. The molecule has 2 heterocycles. The van der Waals surface area contributed by atoms with Crippen molar-refractivity contribution >= 4 is 35.1 Å². The molecule has 1 saturated heterocycles. The number of nitrogens with zero attached hydrogens (tertiary/aromatic N) is 2. The van der Waals surface area contributed by atoms with Crippen molar-refractivity contribution in [2.24, 2.45) is 11.0 Å². The van der Waals surface area contributed by atoms with Crippen LogP contribution in [0.4, 0.5) is 5.69 Å². The minimum Gasteiger partial charge on any atom is -0.312 e. The standard InChI is InChI=1S/C16H15N3O2S/c20-15-9-12(11-19(15)13-5-2-1-3-6-13)16(21)18-17-10-14-7-4-8-22-14/h1-8,10,12H,9,11H2,(H,18,21)/b17-10+. The van der Waals surface area contributed by atoms with E-state index in [0.717, 1.165) is 10.6 Å². The van der Waals surface area contributed by atoms with Crippen LogP contribution in [0.15, 0.2) is 52.9 Å². The van der Waals surface area contributed by atoms with E-state index in [1.807, 2.05) is 47.8 Å². The number of rotatable bonds is 4. The molecule has 1 unspecified atom stereocenters. The molecule has 1 aromatic heterocycles. The zero-order valence-electron chi connectivity index (χ0n) is 11.8. The van der Waals surface area contributed by atoms with Crippen LogP contribution in [0, 0.1) is 5.92 Å². The molecular weight excluding hydrogens is 298 g/mol. The number of carbonyl (C=O) groups excluding carboxylic acids is 2. The van der Waals surface area contributed by atoms with Gasteiger partial charge in [-0.3, -0.25) is 9.59 Å². The third-order valence-electron chi connectivity index (χ3n) is 3.47. The average molecular weight is 313 g/mol. The Kier molecular flexibility index (Phi) is 4.29. The van der Waals surface area contributed by atoms with Gasteiger partial charge in [0.25, 0.3) is 0 Å². The highest BCUT2D eigenvalue weighted by molar-refractivity contribution is 7.11. The van der Waals surface area contributed by atoms with Crippen LogP contribution in [0.25, 0.3) is 0 Å². The Labute approximate surface area is 132 Å². The van der Waals surface area contributed by atoms with E-state index in [1.54, 1.807) is 22.5 Å². The third-order valence-corrected chi connectivity index (χ3v) is 4.28. The van der Waals surface area contributed by atoms with E-state index in [4.69, 9.17) is 0 Å². The summed E-state index contributed by atoms with van der Waals surface area (Å²) in [5, 5.41) is 5.88. The lowest BCUT2D eigenvalue weighted by atomic mass is 10.1. The van der Waals surface area contributed by atoms with Crippen molar-refractivity contribution in [2.45, 2.75) is 6.42 Å². The maximum absolute atomic E-state index is 12.1. The highest BCUT2D eigenvalue weighted by Gasteiger charge is 2.34. The van der Waals surface area contributed by atoms with Crippen LogP contribution >= 0.6 is 11.3 Å². The summed E-state index contributed by atoms with van der Waals surface area (Å²) in [5.74, 6) is -0.624. The first-order valence-corrected chi connectivity index (χ1v) is 7.84. The Morgan fingerprint density at radius 2 is 2.09 bits per heavy atom. The molecule has 0 spiro atoms. The normalized spacial score (nSPS) is 18.1.